The SMILES string of the molecule is Cc1ccc(-c2noc(CNC(=O)[C@@H](N)C(C)C)n2)cc1F.Cl. The standard InChI is InChI=1S/C15H19FN4O2.ClH/c1-8(2)13(17)15(21)18-7-12-19-14(20-22-12)10-5-4-9(3)11(16)6-10;/h4-6,8,13H,7,17H2,1-3H3,(H,18,21);1H/t13-;/m0./s1. The Morgan fingerprint density at radius 3 is 2.74 bits per heavy atom. The largest absolute Gasteiger partial charge is 0.346 e. The fourth-order valence-corrected chi connectivity index (χ4v) is 1.76. The van der Waals surface area contributed by atoms with Crippen LogP contribution >= 0.6 is 12.4 Å². The highest BCUT2D eigenvalue weighted by molar-refractivity contribution is 5.85. The maximum atomic E-state index is 13.5. The number of benzene rings is 1. The molecule has 2 rings (SSSR count). The third kappa shape index (κ3) is 4.74. The van der Waals surface area contributed by atoms with E-state index in [9.17, 15) is 9.18 Å². The van der Waals surface area contributed by atoms with E-state index in [1.54, 1.807) is 19.1 Å². The molecule has 6 nitrogen and oxygen atoms in total. The molecular formula is C15H20ClFN4O2. The molecule has 2 aromatic rings. The first-order chi connectivity index (χ1) is 10.4. The van der Waals surface area contributed by atoms with Crippen LogP contribution in [0.1, 0.15) is 25.3 Å². The van der Waals surface area contributed by atoms with E-state index in [4.69, 9.17) is 10.3 Å². The molecule has 1 aromatic heterocycles. The molecule has 1 heterocycles. The monoisotopic (exact) mass is 342 g/mol. The summed E-state index contributed by atoms with van der Waals surface area (Å²) in [6.07, 6.45) is 0. The number of rotatable bonds is 5. The minimum absolute atomic E-state index is 0. The van der Waals surface area contributed by atoms with Crippen LogP contribution in [-0.2, 0) is 11.3 Å². The van der Waals surface area contributed by atoms with Gasteiger partial charge in [0.25, 0.3) is 0 Å². The van der Waals surface area contributed by atoms with Gasteiger partial charge in [-0.2, -0.15) is 4.98 Å². The highest BCUT2D eigenvalue weighted by Gasteiger charge is 2.18. The predicted molar refractivity (Wildman–Crippen MR) is 86.3 cm³/mol. The third-order valence-corrected chi connectivity index (χ3v) is 3.33. The summed E-state index contributed by atoms with van der Waals surface area (Å²) in [6.45, 7) is 5.48. The zero-order valence-electron chi connectivity index (χ0n) is 13.2. The number of carbonyl (C=O) groups excluding carboxylic acids is 1. The number of hydrogen-bond acceptors (Lipinski definition) is 5. The minimum atomic E-state index is -0.589. The Bertz CT molecular complexity index is 675. The summed E-state index contributed by atoms with van der Waals surface area (Å²) in [5.41, 5.74) is 6.79. The van der Waals surface area contributed by atoms with Crippen molar-refractivity contribution in [2.75, 3.05) is 0 Å². The van der Waals surface area contributed by atoms with Gasteiger partial charge in [-0.1, -0.05) is 31.1 Å². The van der Waals surface area contributed by atoms with Crippen molar-refractivity contribution in [1.82, 2.24) is 15.5 Å². The van der Waals surface area contributed by atoms with Crippen LogP contribution in [0.25, 0.3) is 11.4 Å². The van der Waals surface area contributed by atoms with E-state index in [1.165, 1.54) is 6.07 Å². The first-order valence-electron chi connectivity index (χ1n) is 7.01. The first kappa shape index (κ1) is 19.1. The molecule has 1 aromatic carbocycles. The molecule has 0 unspecified atom stereocenters. The van der Waals surface area contributed by atoms with E-state index in [-0.39, 0.29) is 48.3 Å². The number of halogens is 2. The summed E-state index contributed by atoms with van der Waals surface area (Å²) in [7, 11) is 0. The predicted octanol–water partition coefficient (Wildman–Crippen LogP) is 2.21. The third-order valence-electron chi connectivity index (χ3n) is 3.33. The second kappa shape index (κ2) is 8.03. The molecule has 0 bridgehead atoms. The summed E-state index contributed by atoms with van der Waals surface area (Å²) < 4.78 is 18.6. The number of nitrogens with one attached hydrogen (secondary N) is 1. The second-order valence-electron chi connectivity index (χ2n) is 5.46. The molecule has 3 N–H and O–H groups in total. The average molecular weight is 343 g/mol. The van der Waals surface area contributed by atoms with E-state index in [1.807, 2.05) is 13.8 Å². The average Bonchev–Trinajstić information content (AvgIpc) is 2.95. The van der Waals surface area contributed by atoms with Gasteiger partial charge >= 0.3 is 0 Å². The van der Waals surface area contributed by atoms with E-state index in [0.717, 1.165) is 0 Å². The smallest absolute Gasteiger partial charge is 0.246 e. The lowest BCUT2D eigenvalue weighted by atomic mass is 10.1. The highest BCUT2D eigenvalue weighted by Crippen LogP contribution is 2.18. The molecule has 0 radical (unpaired) electrons. The Morgan fingerprint density at radius 2 is 2.13 bits per heavy atom. The minimum Gasteiger partial charge on any atom is -0.346 e. The molecule has 0 saturated heterocycles. The lowest BCUT2D eigenvalue weighted by molar-refractivity contribution is -0.123. The van der Waals surface area contributed by atoms with Crippen LogP contribution < -0.4 is 11.1 Å². The molecule has 0 fully saturated rings. The van der Waals surface area contributed by atoms with Crippen molar-refractivity contribution in [2.45, 2.75) is 33.4 Å². The molecule has 0 saturated carbocycles. The maximum Gasteiger partial charge on any atom is 0.246 e. The Morgan fingerprint density at radius 1 is 1.43 bits per heavy atom. The number of carbonyl (C=O) groups is 1. The van der Waals surface area contributed by atoms with Crippen molar-refractivity contribution in [1.29, 1.82) is 0 Å². The molecule has 1 atom stereocenters. The van der Waals surface area contributed by atoms with Gasteiger partial charge in [-0.15, -0.1) is 12.4 Å². The molecule has 8 heteroatoms. The number of hydrogen-bond donors (Lipinski definition) is 2. The Balaban J connectivity index is 0.00000264. The van der Waals surface area contributed by atoms with Gasteiger partial charge in [0.05, 0.1) is 12.6 Å². The van der Waals surface area contributed by atoms with Crippen LogP contribution in [0.15, 0.2) is 22.7 Å². The van der Waals surface area contributed by atoms with Crippen LogP contribution in [0.2, 0.25) is 0 Å². The van der Waals surface area contributed by atoms with Gasteiger partial charge in [0, 0.05) is 5.56 Å². The highest BCUT2D eigenvalue weighted by atomic mass is 35.5. The Labute approximate surface area is 140 Å². The van der Waals surface area contributed by atoms with Gasteiger partial charge in [0.2, 0.25) is 17.6 Å². The van der Waals surface area contributed by atoms with E-state index >= 15 is 0 Å². The molecule has 1 amide bonds. The summed E-state index contributed by atoms with van der Waals surface area (Å²) in [6, 6.07) is 4.11. The van der Waals surface area contributed by atoms with Crippen molar-refractivity contribution < 1.29 is 13.7 Å². The van der Waals surface area contributed by atoms with Gasteiger partial charge in [-0.05, 0) is 24.5 Å². The molecule has 126 valence electrons. The Hall–Kier alpha value is -1.99. The molecular weight excluding hydrogens is 323 g/mol. The van der Waals surface area contributed by atoms with Gasteiger partial charge in [0.15, 0.2) is 0 Å². The maximum absolute atomic E-state index is 13.5. The van der Waals surface area contributed by atoms with Gasteiger partial charge in [-0.25, -0.2) is 4.39 Å². The van der Waals surface area contributed by atoms with Crippen molar-refractivity contribution in [3.63, 3.8) is 0 Å². The zero-order chi connectivity index (χ0) is 16.3. The van der Waals surface area contributed by atoms with Crippen LogP contribution in [0.3, 0.4) is 0 Å². The number of amides is 1. The van der Waals surface area contributed by atoms with Gasteiger partial charge in [0.1, 0.15) is 5.82 Å². The lowest BCUT2D eigenvalue weighted by Crippen LogP contribution is -2.43. The first-order valence-corrected chi connectivity index (χ1v) is 7.01. The quantitative estimate of drug-likeness (QED) is 0.868. The molecule has 0 aliphatic rings. The van der Waals surface area contributed by atoms with Gasteiger partial charge < -0.3 is 15.6 Å². The summed E-state index contributed by atoms with van der Waals surface area (Å²) >= 11 is 0. The number of aromatic nitrogens is 2. The van der Waals surface area contributed by atoms with E-state index < -0.39 is 6.04 Å². The van der Waals surface area contributed by atoms with Crippen LogP contribution in [0.4, 0.5) is 4.39 Å². The second-order valence-corrected chi connectivity index (χ2v) is 5.46. The topological polar surface area (TPSA) is 94.0 Å². The van der Waals surface area contributed by atoms with E-state index in [0.29, 0.717) is 11.1 Å². The fraction of sp³-hybridized carbons (Fsp3) is 0.400. The van der Waals surface area contributed by atoms with Crippen LogP contribution in [-0.4, -0.2) is 22.1 Å². The number of nitrogens with two attached hydrogens (primary N) is 1. The Kier molecular flexibility index (Phi) is 6.65. The molecule has 23 heavy (non-hydrogen) atoms. The number of nitrogens with zero attached hydrogens (tertiary/aromatic N) is 2. The molecule has 0 spiro atoms. The summed E-state index contributed by atoms with van der Waals surface area (Å²) in [5, 5.41) is 6.41. The van der Waals surface area contributed by atoms with Crippen molar-refractivity contribution in [3.05, 3.63) is 35.5 Å². The zero-order valence-corrected chi connectivity index (χ0v) is 14.0. The summed E-state index contributed by atoms with van der Waals surface area (Å²) in [4.78, 5) is 15.9. The fourth-order valence-electron chi connectivity index (χ4n) is 1.76. The molecule has 0 aliphatic heterocycles. The van der Waals surface area contributed by atoms with E-state index in [2.05, 4.69) is 15.5 Å². The van der Waals surface area contributed by atoms with Gasteiger partial charge in [-0.3, -0.25) is 4.79 Å². The van der Waals surface area contributed by atoms with Crippen LogP contribution in [0, 0.1) is 18.7 Å². The van der Waals surface area contributed by atoms with Crippen molar-refractivity contribution in [3.8, 4) is 11.4 Å². The number of aryl methyl sites for hydroxylation is 1. The molecule has 0 aliphatic carbocycles. The normalized spacial score (nSPS) is 11.9. The van der Waals surface area contributed by atoms with Crippen LogP contribution in [0.5, 0.6) is 0 Å². The van der Waals surface area contributed by atoms with Crippen molar-refractivity contribution in [2.24, 2.45) is 11.7 Å². The lowest BCUT2D eigenvalue weighted by Gasteiger charge is -2.14. The van der Waals surface area contributed by atoms with Crippen molar-refractivity contribution >= 4 is 18.3 Å². The summed E-state index contributed by atoms with van der Waals surface area (Å²) in [5.74, 6) is -0.0680.